The Balaban J connectivity index is 2.01. The fourth-order valence-electron chi connectivity index (χ4n) is 2.19. The van der Waals surface area contributed by atoms with Crippen LogP contribution in [0.3, 0.4) is 0 Å². The molecule has 19 heavy (non-hydrogen) atoms. The van der Waals surface area contributed by atoms with Crippen molar-refractivity contribution in [1.82, 2.24) is 20.3 Å². The van der Waals surface area contributed by atoms with Gasteiger partial charge in [0.2, 0.25) is 0 Å². The van der Waals surface area contributed by atoms with E-state index in [0.29, 0.717) is 0 Å². The van der Waals surface area contributed by atoms with E-state index >= 15 is 0 Å². The van der Waals surface area contributed by atoms with Gasteiger partial charge in [0.25, 0.3) is 0 Å². The summed E-state index contributed by atoms with van der Waals surface area (Å²) in [6.45, 7) is 0.886. The van der Waals surface area contributed by atoms with Crippen LogP contribution in [0, 0.1) is 0 Å². The number of H-pyrrole nitrogens is 1. The van der Waals surface area contributed by atoms with E-state index < -0.39 is 0 Å². The summed E-state index contributed by atoms with van der Waals surface area (Å²) in [7, 11) is 1.93. The highest BCUT2D eigenvalue weighted by Crippen LogP contribution is 2.26. The van der Waals surface area contributed by atoms with Gasteiger partial charge in [0.15, 0.2) is 0 Å². The van der Waals surface area contributed by atoms with Crippen LogP contribution in [-0.4, -0.2) is 28.5 Å². The lowest BCUT2D eigenvalue weighted by Crippen LogP contribution is -2.12. The lowest BCUT2D eigenvalue weighted by molar-refractivity contribution is 0.756. The molecule has 1 aromatic carbocycles. The van der Waals surface area contributed by atoms with Crippen molar-refractivity contribution >= 4 is 10.9 Å². The molecule has 0 aliphatic rings. The normalized spacial score (nSPS) is 11.0. The standard InChI is InChI=1S/C15H16N4/c1-16-8-7-15-17-9-6-14(19-15)12-10-18-13-5-3-2-4-11(12)13/h2-6,9-10,16,18H,7-8H2,1H3. The number of aromatic nitrogens is 3. The van der Waals surface area contributed by atoms with Crippen molar-refractivity contribution in [2.45, 2.75) is 6.42 Å². The third-order valence-corrected chi connectivity index (χ3v) is 3.17. The van der Waals surface area contributed by atoms with Crippen LogP contribution in [0.4, 0.5) is 0 Å². The van der Waals surface area contributed by atoms with E-state index in [1.807, 2.05) is 37.6 Å². The Kier molecular flexibility index (Phi) is 3.25. The summed E-state index contributed by atoms with van der Waals surface area (Å²) in [5.41, 5.74) is 3.23. The van der Waals surface area contributed by atoms with Gasteiger partial charge in [0, 0.05) is 41.8 Å². The molecule has 0 unspecified atom stereocenters. The topological polar surface area (TPSA) is 53.6 Å². The number of rotatable bonds is 4. The summed E-state index contributed by atoms with van der Waals surface area (Å²) in [6, 6.07) is 10.2. The van der Waals surface area contributed by atoms with E-state index in [1.54, 1.807) is 0 Å². The molecule has 0 atom stereocenters. The van der Waals surface area contributed by atoms with E-state index in [4.69, 9.17) is 0 Å². The predicted octanol–water partition coefficient (Wildman–Crippen LogP) is 2.39. The number of nitrogens with one attached hydrogen (secondary N) is 2. The van der Waals surface area contributed by atoms with Crippen molar-refractivity contribution in [3.8, 4) is 11.3 Å². The molecule has 96 valence electrons. The fraction of sp³-hybridized carbons (Fsp3) is 0.200. The van der Waals surface area contributed by atoms with Gasteiger partial charge in [-0.15, -0.1) is 0 Å². The molecule has 0 saturated carbocycles. The zero-order chi connectivity index (χ0) is 13.1. The van der Waals surface area contributed by atoms with Crippen LogP contribution in [0.15, 0.2) is 42.7 Å². The van der Waals surface area contributed by atoms with Crippen molar-refractivity contribution < 1.29 is 0 Å². The van der Waals surface area contributed by atoms with Crippen LogP contribution < -0.4 is 5.32 Å². The number of para-hydroxylation sites is 1. The predicted molar refractivity (Wildman–Crippen MR) is 77.0 cm³/mol. The monoisotopic (exact) mass is 252 g/mol. The highest BCUT2D eigenvalue weighted by Gasteiger charge is 2.07. The first kappa shape index (κ1) is 11.9. The molecule has 0 aliphatic heterocycles. The molecule has 3 rings (SSSR count). The number of nitrogens with zero attached hydrogens (tertiary/aromatic N) is 2. The molecule has 0 radical (unpaired) electrons. The molecule has 0 fully saturated rings. The number of aromatic amines is 1. The molecule has 4 nitrogen and oxygen atoms in total. The van der Waals surface area contributed by atoms with Crippen molar-refractivity contribution in [2.24, 2.45) is 0 Å². The number of hydrogen-bond donors (Lipinski definition) is 2. The summed E-state index contributed by atoms with van der Waals surface area (Å²) < 4.78 is 0. The van der Waals surface area contributed by atoms with E-state index in [9.17, 15) is 0 Å². The summed E-state index contributed by atoms with van der Waals surface area (Å²) >= 11 is 0. The fourth-order valence-corrected chi connectivity index (χ4v) is 2.19. The Bertz CT molecular complexity index is 687. The minimum Gasteiger partial charge on any atom is -0.360 e. The minimum atomic E-state index is 0.840. The van der Waals surface area contributed by atoms with Crippen LogP contribution >= 0.6 is 0 Å². The highest BCUT2D eigenvalue weighted by molar-refractivity contribution is 5.94. The van der Waals surface area contributed by atoms with Crippen molar-refractivity contribution in [1.29, 1.82) is 0 Å². The molecular weight excluding hydrogens is 236 g/mol. The first-order valence-corrected chi connectivity index (χ1v) is 6.41. The van der Waals surface area contributed by atoms with Crippen LogP contribution in [0.5, 0.6) is 0 Å². The van der Waals surface area contributed by atoms with Gasteiger partial charge in [-0.1, -0.05) is 18.2 Å². The molecule has 4 heteroatoms. The van der Waals surface area contributed by atoms with Gasteiger partial charge in [-0.25, -0.2) is 9.97 Å². The Morgan fingerprint density at radius 1 is 1.21 bits per heavy atom. The maximum absolute atomic E-state index is 4.63. The van der Waals surface area contributed by atoms with Gasteiger partial charge in [0.05, 0.1) is 5.69 Å². The molecule has 2 aromatic heterocycles. The largest absolute Gasteiger partial charge is 0.360 e. The van der Waals surface area contributed by atoms with Gasteiger partial charge in [0.1, 0.15) is 5.82 Å². The Morgan fingerprint density at radius 2 is 2.11 bits per heavy atom. The quantitative estimate of drug-likeness (QED) is 0.749. The van der Waals surface area contributed by atoms with Crippen molar-refractivity contribution in [3.05, 3.63) is 48.5 Å². The molecule has 0 spiro atoms. The van der Waals surface area contributed by atoms with Gasteiger partial charge in [-0.3, -0.25) is 0 Å². The molecule has 0 amide bonds. The Morgan fingerprint density at radius 3 is 3.00 bits per heavy atom. The maximum Gasteiger partial charge on any atom is 0.130 e. The molecule has 0 aliphatic carbocycles. The van der Waals surface area contributed by atoms with Gasteiger partial charge in [-0.2, -0.15) is 0 Å². The molecule has 0 saturated heterocycles. The second kappa shape index (κ2) is 5.20. The number of benzene rings is 1. The van der Waals surface area contributed by atoms with E-state index in [2.05, 4.69) is 32.4 Å². The molecule has 2 heterocycles. The number of hydrogen-bond acceptors (Lipinski definition) is 3. The third-order valence-electron chi connectivity index (χ3n) is 3.17. The molecular formula is C15H16N4. The van der Waals surface area contributed by atoms with E-state index in [1.165, 1.54) is 5.39 Å². The van der Waals surface area contributed by atoms with E-state index in [-0.39, 0.29) is 0 Å². The number of fused-ring (bicyclic) bond motifs is 1. The van der Waals surface area contributed by atoms with Crippen molar-refractivity contribution in [2.75, 3.05) is 13.6 Å². The minimum absolute atomic E-state index is 0.840. The summed E-state index contributed by atoms with van der Waals surface area (Å²) in [4.78, 5) is 12.2. The molecule has 3 aromatic rings. The molecule has 0 bridgehead atoms. The van der Waals surface area contributed by atoms with Crippen LogP contribution in [0.25, 0.3) is 22.2 Å². The second-order valence-electron chi connectivity index (χ2n) is 4.46. The zero-order valence-electron chi connectivity index (χ0n) is 10.9. The number of likely N-dealkylation sites (N-methyl/N-ethyl adjacent to an activating group) is 1. The Labute approximate surface area is 111 Å². The summed E-state index contributed by atoms with van der Waals surface area (Å²) in [6.07, 6.45) is 4.68. The summed E-state index contributed by atoms with van der Waals surface area (Å²) in [5.74, 6) is 0.872. The van der Waals surface area contributed by atoms with Gasteiger partial charge in [-0.05, 0) is 19.2 Å². The van der Waals surface area contributed by atoms with Gasteiger partial charge >= 0.3 is 0 Å². The smallest absolute Gasteiger partial charge is 0.130 e. The van der Waals surface area contributed by atoms with Crippen LogP contribution in [0.2, 0.25) is 0 Å². The van der Waals surface area contributed by atoms with Gasteiger partial charge < -0.3 is 10.3 Å². The van der Waals surface area contributed by atoms with Crippen LogP contribution in [0.1, 0.15) is 5.82 Å². The zero-order valence-corrected chi connectivity index (χ0v) is 10.9. The summed E-state index contributed by atoms with van der Waals surface area (Å²) in [5, 5.41) is 4.31. The average Bonchev–Trinajstić information content (AvgIpc) is 2.89. The lowest BCUT2D eigenvalue weighted by Gasteiger charge is -2.02. The molecule has 2 N–H and O–H groups in total. The third kappa shape index (κ3) is 2.35. The lowest BCUT2D eigenvalue weighted by atomic mass is 10.1. The SMILES string of the molecule is CNCCc1nccc(-c2c[nH]c3ccccc23)n1. The highest BCUT2D eigenvalue weighted by atomic mass is 14.9. The maximum atomic E-state index is 4.63. The Hall–Kier alpha value is -2.20. The van der Waals surface area contributed by atoms with Crippen molar-refractivity contribution in [3.63, 3.8) is 0 Å². The first-order valence-electron chi connectivity index (χ1n) is 6.41. The van der Waals surface area contributed by atoms with E-state index in [0.717, 1.165) is 35.6 Å². The second-order valence-corrected chi connectivity index (χ2v) is 4.46. The van der Waals surface area contributed by atoms with Crippen LogP contribution in [-0.2, 0) is 6.42 Å². The average molecular weight is 252 g/mol. The first-order chi connectivity index (χ1) is 9.38.